The Morgan fingerprint density at radius 3 is 3.00 bits per heavy atom. The number of rotatable bonds is 4. The van der Waals surface area contributed by atoms with E-state index in [0.29, 0.717) is 6.04 Å². The summed E-state index contributed by atoms with van der Waals surface area (Å²) in [5, 5.41) is 3.43. The summed E-state index contributed by atoms with van der Waals surface area (Å²) in [4.78, 5) is 2.55. The van der Waals surface area contributed by atoms with E-state index in [4.69, 9.17) is 4.74 Å². The van der Waals surface area contributed by atoms with Crippen molar-refractivity contribution in [1.82, 2.24) is 10.2 Å². The van der Waals surface area contributed by atoms with Crippen LogP contribution in [0.1, 0.15) is 18.1 Å². The molecule has 1 unspecified atom stereocenters. The lowest BCUT2D eigenvalue weighted by Crippen LogP contribution is -2.50. The zero-order valence-electron chi connectivity index (χ0n) is 11.7. The number of ether oxygens (including phenoxy) is 1. The Bertz CT molecular complexity index is 392. The maximum Gasteiger partial charge on any atom is 0.122 e. The van der Waals surface area contributed by atoms with Crippen LogP contribution >= 0.6 is 0 Å². The van der Waals surface area contributed by atoms with Crippen LogP contribution in [-0.2, 0) is 6.42 Å². The minimum absolute atomic E-state index is 0.634. The van der Waals surface area contributed by atoms with Gasteiger partial charge in [0.25, 0.3) is 0 Å². The van der Waals surface area contributed by atoms with Crippen molar-refractivity contribution in [2.75, 3.05) is 33.3 Å². The van der Waals surface area contributed by atoms with Crippen molar-refractivity contribution < 1.29 is 4.74 Å². The number of hydrogen-bond acceptors (Lipinski definition) is 3. The van der Waals surface area contributed by atoms with Crippen LogP contribution in [0.3, 0.4) is 0 Å². The molecule has 3 heteroatoms. The van der Waals surface area contributed by atoms with E-state index in [2.05, 4.69) is 42.3 Å². The summed E-state index contributed by atoms with van der Waals surface area (Å²) < 4.78 is 5.44. The van der Waals surface area contributed by atoms with Gasteiger partial charge in [-0.3, -0.25) is 4.90 Å². The molecule has 0 aliphatic carbocycles. The minimum atomic E-state index is 0.634. The second-order valence-electron chi connectivity index (χ2n) is 5.15. The number of methoxy groups -OCH3 is 1. The van der Waals surface area contributed by atoms with Gasteiger partial charge in [0.15, 0.2) is 0 Å². The molecule has 1 aliphatic rings. The number of aryl methyl sites for hydroxylation is 1. The molecular formula is C15H24N2O. The highest BCUT2D eigenvalue weighted by atomic mass is 16.5. The van der Waals surface area contributed by atoms with Crippen LogP contribution < -0.4 is 10.1 Å². The highest BCUT2D eigenvalue weighted by Crippen LogP contribution is 2.20. The lowest BCUT2D eigenvalue weighted by Gasteiger charge is -2.34. The fraction of sp³-hybridized carbons (Fsp3) is 0.600. The van der Waals surface area contributed by atoms with Gasteiger partial charge in [0.1, 0.15) is 5.75 Å². The third kappa shape index (κ3) is 3.24. The van der Waals surface area contributed by atoms with E-state index in [-0.39, 0.29) is 0 Å². The maximum absolute atomic E-state index is 5.44. The fourth-order valence-corrected chi connectivity index (χ4v) is 2.58. The smallest absolute Gasteiger partial charge is 0.122 e. The molecule has 0 radical (unpaired) electrons. The molecule has 100 valence electrons. The summed E-state index contributed by atoms with van der Waals surface area (Å²) in [7, 11) is 1.75. The monoisotopic (exact) mass is 248 g/mol. The van der Waals surface area contributed by atoms with Crippen molar-refractivity contribution in [3.05, 3.63) is 29.3 Å². The van der Waals surface area contributed by atoms with Crippen LogP contribution in [0, 0.1) is 6.92 Å². The molecular weight excluding hydrogens is 224 g/mol. The number of nitrogens with zero attached hydrogens (tertiary/aromatic N) is 1. The average Bonchev–Trinajstić information content (AvgIpc) is 2.38. The zero-order valence-corrected chi connectivity index (χ0v) is 11.7. The van der Waals surface area contributed by atoms with Gasteiger partial charge in [-0.15, -0.1) is 0 Å². The highest BCUT2D eigenvalue weighted by Gasteiger charge is 2.17. The normalized spacial score (nSPS) is 20.9. The molecule has 2 rings (SSSR count). The first-order valence-corrected chi connectivity index (χ1v) is 6.79. The molecule has 1 atom stereocenters. The minimum Gasteiger partial charge on any atom is -0.496 e. The fourth-order valence-electron chi connectivity index (χ4n) is 2.58. The molecule has 0 spiro atoms. The summed E-state index contributed by atoms with van der Waals surface area (Å²) in [6, 6.07) is 7.06. The van der Waals surface area contributed by atoms with Gasteiger partial charge in [-0.05, 0) is 31.9 Å². The largest absolute Gasteiger partial charge is 0.496 e. The number of nitrogens with one attached hydrogen (secondary N) is 1. The Morgan fingerprint density at radius 2 is 2.28 bits per heavy atom. The quantitative estimate of drug-likeness (QED) is 0.880. The first-order chi connectivity index (χ1) is 8.70. The van der Waals surface area contributed by atoms with Crippen molar-refractivity contribution in [3.8, 4) is 5.75 Å². The van der Waals surface area contributed by atoms with E-state index in [1.165, 1.54) is 11.1 Å². The van der Waals surface area contributed by atoms with Crippen molar-refractivity contribution in [3.63, 3.8) is 0 Å². The van der Waals surface area contributed by atoms with Gasteiger partial charge >= 0.3 is 0 Å². The van der Waals surface area contributed by atoms with E-state index < -0.39 is 0 Å². The van der Waals surface area contributed by atoms with Crippen molar-refractivity contribution >= 4 is 0 Å². The molecule has 0 aromatic heterocycles. The molecule has 1 fully saturated rings. The third-order valence-electron chi connectivity index (χ3n) is 3.74. The second-order valence-corrected chi connectivity index (χ2v) is 5.15. The predicted octanol–water partition coefficient (Wildman–Crippen LogP) is 1.84. The third-order valence-corrected chi connectivity index (χ3v) is 3.74. The lowest BCUT2D eigenvalue weighted by atomic mass is 10.1. The zero-order chi connectivity index (χ0) is 13.0. The maximum atomic E-state index is 5.44. The van der Waals surface area contributed by atoms with Gasteiger partial charge in [-0.2, -0.15) is 0 Å². The van der Waals surface area contributed by atoms with Crippen molar-refractivity contribution in [2.24, 2.45) is 0 Å². The topological polar surface area (TPSA) is 24.5 Å². The number of piperazine rings is 1. The Kier molecular flexibility index (Phi) is 4.61. The summed E-state index contributed by atoms with van der Waals surface area (Å²) in [6.45, 7) is 8.90. The lowest BCUT2D eigenvalue weighted by molar-refractivity contribution is 0.175. The molecule has 0 amide bonds. The molecule has 1 heterocycles. The summed E-state index contributed by atoms with van der Waals surface area (Å²) >= 11 is 0. The summed E-state index contributed by atoms with van der Waals surface area (Å²) in [6.07, 6.45) is 1.06. The van der Waals surface area contributed by atoms with Crippen LogP contribution in [-0.4, -0.2) is 44.2 Å². The van der Waals surface area contributed by atoms with Crippen LogP contribution in [0.4, 0.5) is 0 Å². The number of hydrogen-bond donors (Lipinski definition) is 1. The molecule has 1 aliphatic heterocycles. The summed E-state index contributed by atoms with van der Waals surface area (Å²) in [5.41, 5.74) is 2.63. The molecule has 1 saturated heterocycles. The molecule has 1 aromatic rings. The van der Waals surface area contributed by atoms with E-state index in [1.807, 2.05) is 0 Å². The van der Waals surface area contributed by atoms with Gasteiger partial charge in [0, 0.05) is 32.2 Å². The van der Waals surface area contributed by atoms with E-state index in [0.717, 1.165) is 38.3 Å². The Labute approximate surface area is 110 Å². The molecule has 1 N–H and O–H groups in total. The second kappa shape index (κ2) is 6.21. The first kappa shape index (κ1) is 13.4. The van der Waals surface area contributed by atoms with Crippen LogP contribution in [0.2, 0.25) is 0 Å². The van der Waals surface area contributed by atoms with Crippen LogP contribution in [0.5, 0.6) is 5.75 Å². The van der Waals surface area contributed by atoms with E-state index in [9.17, 15) is 0 Å². The van der Waals surface area contributed by atoms with E-state index >= 15 is 0 Å². The van der Waals surface area contributed by atoms with Crippen LogP contribution in [0.15, 0.2) is 18.2 Å². The van der Waals surface area contributed by atoms with Crippen molar-refractivity contribution in [1.29, 1.82) is 0 Å². The predicted molar refractivity (Wildman–Crippen MR) is 75.3 cm³/mol. The van der Waals surface area contributed by atoms with Gasteiger partial charge < -0.3 is 10.1 Å². The summed E-state index contributed by atoms with van der Waals surface area (Å²) in [5.74, 6) is 1.02. The van der Waals surface area contributed by atoms with Gasteiger partial charge in [0.2, 0.25) is 0 Å². The first-order valence-electron chi connectivity index (χ1n) is 6.79. The Morgan fingerprint density at radius 1 is 1.44 bits per heavy atom. The van der Waals surface area contributed by atoms with Gasteiger partial charge in [-0.1, -0.05) is 17.7 Å². The van der Waals surface area contributed by atoms with Gasteiger partial charge in [0.05, 0.1) is 7.11 Å². The molecule has 18 heavy (non-hydrogen) atoms. The van der Waals surface area contributed by atoms with Gasteiger partial charge in [-0.25, -0.2) is 0 Å². The Hall–Kier alpha value is -1.06. The molecule has 3 nitrogen and oxygen atoms in total. The SMILES string of the molecule is COc1ccc(C)cc1CCN1CCNCC1C. The Balaban J connectivity index is 1.98. The standard InChI is InChI=1S/C15H24N2O/c1-12-4-5-15(18-3)14(10-12)6-8-17-9-7-16-11-13(17)2/h4-5,10,13,16H,6-9,11H2,1-3H3. The molecule has 0 bridgehead atoms. The van der Waals surface area contributed by atoms with Crippen LogP contribution in [0.25, 0.3) is 0 Å². The number of benzene rings is 1. The highest BCUT2D eigenvalue weighted by molar-refractivity contribution is 5.37. The molecule has 0 saturated carbocycles. The van der Waals surface area contributed by atoms with Crippen molar-refractivity contribution in [2.45, 2.75) is 26.3 Å². The molecule has 1 aromatic carbocycles. The van der Waals surface area contributed by atoms with E-state index in [1.54, 1.807) is 7.11 Å². The average molecular weight is 248 g/mol.